The van der Waals surface area contributed by atoms with Gasteiger partial charge >= 0.3 is 0 Å². The van der Waals surface area contributed by atoms with Crippen LogP contribution in [0.5, 0.6) is 0 Å². The minimum Gasteiger partial charge on any atom is -0.353 e. The summed E-state index contributed by atoms with van der Waals surface area (Å²) in [6.07, 6.45) is 9.18. The highest BCUT2D eigenvalue weighted by Crippen LogP contribution is 2.26. The molecule has 2 aliphatic rings. The fourth-order valence-corrected chi connectivity index (χ4v) is 2.60. The molecule has 0 aromatic carbocycles. The quantitative estimate of drug-likeness (QED) is 0.611. The maximum absolute atomic E-state index is 11.1. The largest absolute Gasteiger partial charge is 0.353 e. The summed E-state index contributed by atoms with van der Waals surface area (Å²) < 4.78 is 0. The van der Waals surface area contributed by atoms with E-state index in [-0.39, 0.29) is 11.4 Å². The van der Waals surface area contributed by atoms with Crippen LogP contribution in [0.15, 0.2) is 0 Å². The highest BCUT2D eigenvalue weighted by molar-refractivity contribution is 5.79. The smallest absolute Gasteiger partial charge is 0.234 e. The third-order valence-corrected chi connectivity index (χ3v) is 3.56. The second kappa shape index (κ2) is 4.30. The van der Waals surface area contributed by atoms with Gasteiger partial charge in [0.15, 0.2) is 0 Å². The average molecular weight is 196 g/mol. The molecule has 2 N–H and O–H groups in total. The molecule has 1 saturated heterocycles. The first-order valence-electron chi connectivity index (χ1n) is 5.83. The topological polar surface area (TPSA) is 41.1 Å². The molecular formula is C11H20N2O. The van der Waals surface area contributed by atoms with E-state index in [1.54, 1.807) is 0 Å². The lowest BCUT2D eigenvalue weighted by molar-refractivity contribution is -0.122. The standard InChI is InChI=1S/C11H20N2O/c14-10-8-13-11(9-12-10)6-4-2-1-3-5-7-11/h13H,1-9H2,(H,12,14). The van der Waals surface area contributed by atoms with E-state index in [9.17, 15) is 4.79 Å². The number of carbonyl (C=O) groups excluding carboxylic acids is 1. The molecule has 3 heteroatoms. The van der Waals surface area contributed by atoms with Crippen molar-refractivity contribution in [3.8, 4) is 0 Å². The van der Waals surface area contributed by atoms with Gasteiger partial charge in [0.2, 0.25) is 5.91 Å². The summed E-state index contributed by atoms with van der Waals surface area (Å²) in [7, 11) is 0. The SMILES string of the molecule is O=C1CNC2(CCCCCCC2)CN1. The summed E-state index contributed by atoms with van der Waals surface area (Å²) >= 11 is 0. The molecular weight excluding hydrogens is 176 g/mol. The summed E-state index contributed by atoms with van der Waals surface area (Å²) in [6, 6.07) is 0. The summed E-state index contributed by atoms with van der Waals surface area (Å²) in [6.45, 7) is 1.35. The molecule has 1 aliphatic heterocycles. The Kier molecular flexibility index (Phi) is 3.06. The third kappa shape index (κ3) is 2.27. The normalized spacial score (nSPS) is 27.9. The highest BCUT2D eigenvalue weighted by Gasteiger charge is 2.33. The Bertz CT molecular complexity index is 195. The van der Waals surface area contributed by atoms with Gasteiger partial charge in [0, 0.05) is 12.1 Å². The molecule has 0 aromatic heterocycles. The van der Waals surface area contributed by atoms with Crippen LogP contribution >= 0.6 is 0 Å². The third-order valence-electron chi connectivity index (χ3n) is 3.56. The molecule has 1 saturated carbocycles. The van der Waals surface area contributed by atoms with Crippen molar-refractivity contribution in [1.82, 2.24) is 10.6 Å². The number of piperazine rings is 1. The van der Waals surface area contributed by atoms with E-state index < -0.39 is 0 Å². The van der Waals surface area contributed by atoms with Crippen LogP contribution in [-0.4, -0.2) is 24.5 Å². The van der Waals surface area contributed by atoms with Crippen molar-refractivity contribution < 1.29 is 4.79 Å². The molecule has 1 aliphatic carbocycles. The van der Waals surface area contributed by atoms with Gasteiger partial charge in [-0.3, -0.25) is 4.79 Å². The van der Waals surface area contributed by atoms with Crippen LogP contribution in [0.1, 0.15) is 44.9 Å². The van der Waals surface area contributed by atoms with Crippen molar-refractivity contribution in [3.05, 3.63) is 0 Å². The maximum Gasteiger partial charge on any atom is 0.234 e. The van der Waals surface area contributed by atoms with Crippen molar-refractivity contribution in [3.63, 3.8) is 0 Å². The van der Waals surface area contributed by atoms with Gasteiger partial charge in [0.1, 0.15) is 0 Å². The first-order chi connectivity index (χ1) is 6.81. The van der Waals surface area contributed by atoms with Crippen LogP contribution in [-0.2, 0) is 4.79 Å². The van der Waals surface area contributed by atoms with Gasteiger partial charge in [0.25, 0.3) is 0 Å². The van der Waals surface area contributed by atoms with E-state index >= 15 is 0 Å². The van der Waals surface area contributed by atoms with E-state index in [2.05, 4.69) is 10.6 Å². The van der Waals surface area contributed by atoms with Gasteiger partial charge in [-0.15, -0.1) is 0 Å². The fraction of sp³-hybridized carbons (Fsp3) is 0.909. The van der Waals surface area contributed by atoms with Crippen LogP contribution in [0.25, 0.3) is 0 Å². The minimum absolute atomic E-state index is 0.151. The van der Waals surface area contributed by atoms with Gasteiger partial charge in [0.05, 0.1) is 6.54 Å². The average Bonchev–Trinajstić information content (AvgIpc) is 2.16. The first-order valence-corrected chi connectivity index (χ1v) is 5.83. The van der Waals surface area contributed by atoms with Crippen molar-refractivity contribution in [2.45, 2.75) is 50.5 Å². The zero-order valence-electron chi connectivity index (χ0n) is 8.77. The predicted molar refractivity (Wildman–Crippen MR) is 56.1 cm³/mol. The summed E-state index contributed by atoms with van der Waals surface area (Å²) in [5.74, 6) is 0.151. The molecule has 2 rings (SSSR count). The van der Waals surface area contributed by atoms with E-state index in [4.69, 9.17) is 0 Å². The molecule has 1 spiro atoms. The first kappa shape index (κ1) is 9.97. The maximum atomic E-state index is 11.1. The number of hydrogen-bond acceptors (Lipinski definition) is 2. The van der Waals surface area contributed by atoms with Crippen LogP contribution in [0.2, 0.25) is 0 Å². The monoisotopic (exact) mass is 196 g/mol. The second-order valence-electron chi connectivity index (χ2n) is 4.68. The second-order valence-corrected chi connectivity index (χ2v) is 4.68. The number of rotatable bonds is 0. The zero-order valence-corrected chi connectivity index (χ0v) is 8.77. The van der Waals surface area contributed by atoms with Crippen molar-refractivity contribution >= 4 is 5.91 Å². The number of amides is 1. The van der Waals surface area contributed by atoms with Crippen molar-refractivity contribution in [1.29, 1.82) is 0 Å². The number of nitrogens with one attached hydrogen (secondary N) is 2. The molecule has 80 valence electrons. The molecule has 0 unspecified atom stereocenters. The lowest BCUT2D eigenvalue weighted by atomic mass is 9.83. The number of carbonyl (C=O) groups is 1. The van der Waals surface area contributed by atoms with E-state index in [0.29, 0.717) is 6.54 Å². The van der Waals surface area contributed by atoms with Gasteiger partial charge < -0.3 is 10.6 Å². The summed E-state index contributed by atoms with van der Waals surface area (Å²) in [4.78, 5) is 11.1. The highest BCUT2D eigenvalue weighted by atomic mass is 16.2. The van der Waals surface area contributed by atoms with E-state index in [1.165, 1.54) is 44.9 Å². The molecule has 0 atom stereocenters. The Morgan fingerprint density at radius 3 is 2.21 bits per heavy atom. The summed E-state index contributed by atoms with van der Waals surface area (Å²) in [5.41, 5.74) is 0.230. The fourth-order valence-electron chi connectivity index (χ4n) is 2.60. The molecule has 1 amide bonds. The Morgan fingerprint density at radius 2 is 1.64 bits per heavy atom. The van der Waals surface area contributed by atoms with Crippen molar-refractivity contribution in [2.75, 3.05) is 13.1 Å². The van der Waals surface area contributed by atoms with Crippen LogP contribution in [0, 0.1) is 0 Å². The molecule has 0 bridgehead atoms. The zero-order chi connectivity index (χ0) is 9.86. The lowest BCUT2D eigenvalue weighted by Gasteiger charge is -2.39. The molecule has 0 aromatic rings. The Hall–Kier alpha value is -0.570. The van der Waals surface area contributed by atoms with Gasteiger partial charge in [-0.1, -0.05) is 32.1 Å². The lowest BCUT2D eigenvalue weighted by Crippen LogP contribution is -2.61. The number of hydrogen-bond donors (Lipinski definition) is 2. The summed E-state index contributed by atoms with van der Waals surface area (Å²) in [5, 5.41) is 6.43. The van der Waals surface area contributed by atoms with Gasteiger partial charge in [-0.05, 0) is 12.8 Å². The predicted octanol–water partition coefficient (Wildman–Crippen LogP) is 1.19. The Morgan fingerprint density at radius 1 is 1.00 bits per heavy atom. The molecule has 1 heterocycles. The van der Waals surface area contributed by atoms with E-state index in [0.717, 1.165) is 6.54 Å². The van der Waals surface area contributed by atoms with E-state index in [1.807, 2.05) is 0 Å². The van der Waals surface area contributed by atoms with Gasteiger partial charge in [-0.25, -0.2) is 0 Å². The molecule has 2 fully saturated rings. The van der Waals surface area contributed by atoms with Crippen LogP contribution in [0.3, 0.4) is 0 Å². The van der Waals surface area contributed by atoms with Crippen molar-refractivity contribution in [2.24, 2.45) is 0 Å². The molecule has 14 heavy (non-hydrogen) atoms. The Labute approximate surface area is 85.6 Å². The van der Waals surface area contributed by atoms with Crippen LogP contribution < -0.4 is 10.6 Å². The molecule has 0 radical (unpaired) electrons. The molecule has 3 nitrogen and oxygen atoms in total. The van der Waals surface area contributed by atoms with Gasteiger partial charge in [-0.2, -0.15) is 0 Å². The minimum atomic E-state index is 0.151. The van der Waals surface area contributed by atoms with Crippen LogP contribution in [0.4, 0.5) is 0 Å². The Balaban J connectivity index is 1.94.